The highest BCUT2D eigenvalue weighted by atomic mass is 32.1. The molecular weight excluding hydrogens is 292 g/mol. The summed E-state index contributed by atoms with van der Waals surface area (Å²) in [5.41, 5.74) is 6.10. The number of carboxylic acids is 1. The Morgan fingerprint density at radius 3 is 2.81 bits per heavy atom. The first-order chi connectivity index (χ1) is 9.97. The third-order valence-corrected chi connectivity index (χ3v) is 4.37. The molecule has 0 radical (unpaired) electrons. The second kappa shape index (κ2) is 6.53. The van der Waals surface area contributed by atoms with Crippen LogP contribution in [0.15, 0.2) is 17.5 Å². The number of carbonyl (C=O) groups is 3. The molecule has 6 nitrogen and oxygen atoms in total. The first-order valence-corrected chi connectivity index (χ1v) is 7.46. The van der Waals surface area contributed by atoms with Gasteiger partial charge in [0.2, 0.25) is 0 Å². The average Bonchev–Trinajstić information content (AvgIpc) is 2.85. The largest absolute Gasteiger partial charge is 0.478 e. The van der Waals surface area contributed by atoms with E-state index in [2.05, 4.69) is 17.8 Å². The van der Waals surface area contributed by atoms with Crippen LogP contribution in [-0.2, 0) is 22.4 Å². The fourth-order valence-corrected chi connectivity index (χ4v) is 3.49. The number of hydrogen-bond donors (Lipinski definition) is 3. The SMILES string of the molecule is C[C@@H]1CCc2c(C(=O)NNC(=O)/C=C/C(=O)O)csc2C1. The van der Waals surface area contributed by atoms with Crippen LogP contribution in [0.2, 0.25) is 0 Å². The third-order valence-electron chi connectivity index (χ3n) is 3.32. The fraction of sp³-hybridized carbons (Fsp3) is 0.357. The van der Waals surface area contributed by atoms with Crippen LogP contribution < -0.4 is 10.9 Å². The Hall–Kier alpha value is -2.15. The van der Waals surface area contributed by atoms with Crippen molar-refractivity contribution in [3.8, 4) is 0 Å². The Bertz CT molecular complexity index is 606. The lowest BCUT2D eigenvalue weighted by atomic mass is 9.88. The highest BCUT2D eigenvalue weighted by molar-refractivity contribution is 7.10. The Morgan fingerprint density at radius 1 is 1.33 bits per heavy atom. The molecule has 0 spiro atoms. The van der Waals surface area contributed by atoms with Crippen LogP contribution in [0, 0.1) is 5.92 Å². The van der Waals surface area contributed by atoms with E-state index in [1.165, 1.54) is 4.88 Å². The number of rotatable bonds is 3. The first kappa shape index (κ1) is 15.2. The zero-order chi connectivity index (χ0) is 15.4. The third kappa shape index (κ3) is 3.91. The van der Waals surface area contributed by atoms with Gasteiger partial charge in [0, 0.05) is 22.4 Å². The summed E-state index contributed by atoms with van der Waals surface area (Å²) in [6.07, 6.45) is 4.46. The molecule has 0 unspecified atom stereocenters. The molecular formula is C14H16N2O4S. The number of thiophene rings is 1. The minimum atomic E-state index is -1.22. The second-order valence-corrected chi connectivity index (χ2v) is 5.98. The lowest BCUT2D eigenvalue weighted by Gasteiger charge is -2.18. The second-order valence-electron chi connectivity index (χ2n) is 5.01. The van der Waals surface area contributed by atoms with Gasteiger partial charge in [-0.25, -0.2) is 4.79 Å². The van der Waals surface area contributed by atoms with Crippen LogP contribution in [0.1, 0.15) is 34.1 Å². The van der Waals surface area contributed by atoms with Crippen LogP contribution in [0.25, 0.3) is 0 Å². The molecule has 1 heterocycles. The van der Waals surface area contributed by atoms with Crippen molar-refractivity contribution in [3.63, 3.8) is 0 Å². The van der Waals surface area contributed by atoms with Crippen LogP contribution in [0.4, 0.5) is 0 Å². The van der Waals surface area contributed by atoms with Crippen molar-refractivity contribution in [2.24, 2.45) is 5.92 Å². The molecule has 112 valence electrons. The van der Waals surface area contributed by atoms with Crippen molar-refractivity contribution in [2.45, 2.75) is 26.2 Å². The predicted molar refractivity (Wildman–Crippen MR) is 77.9 cm³/mol. The zero-order valence-corrected chi connectivity index (χ0v) is 12.3. The molecule has 2 rings (SSSR count). The number of fused-ring (bicyclic) bond motifs is 1. The van der Waals surface area contributed by atoms with Gasteiger partial charge >= 0.3 is 5.97 Å². The summed E-state index contributed by atoms with van der Waals surface area (Å²) in [6.45, 7) is 2.19. The van der Waals surface area contributed by atoms with Gasteiger partial charge in [-0.3, -0.25) is 20.4 Å². The molecule has 7 heteroatoms. The number of hydrogen-bond acceptors (Lipinski definition) is 4. The van der Waals surface area contributed by atoms with E-state index in [9.17, 15) is 14.4 Å². The minimum Gasteiger partial charge on any atom is -0.478 e. The quantitative estimate of drug-likeness (QED) is 0.579. The van der Waals surface area contributed by atoms with Gasteiger partial charge in [0.05, 0.1) is 5.56 Å². The average molecular weight is 308 g/mol. The molecule has 1 aliphatic rings. The Kier molecular flexibility index (Phi) is 4.74. The Morgan fingerprint density at radius 2 is 2.10 bits per heavy atom. The monoisotopic (exact) mass is 308 g/mol. The van der Waals surface area contributed by atoms with E-state index in [-0.39, 0.29) is 5.91 Å². The summed E-state index contributed by atoms with van der Waals surface area (Å²) in [5, 5.41) is 10.2. The number of nitrogens with one attached hydrogen (secondary N) is 2. The van der Waals surface area contributed by atoms with Crippen LogP contribution >= 0.6 is 11.3 Å². The Labute approximate surface area is 125 Å². The molecule has 1 atom stereocenters. The minimum absolute atomic E-state index is 0.376. The van der Waals surface area contributed by atoms with Crippen LogP contribution in [0.5, 0.6) is 0 Å². The number of carbonyl (C=O) groups excluding carboxylic acids is 2. The molecule has 1 aromatic rings. The normalized spacial score (nSPS) is 17.3. The summed E-state index contributed by atoms with van der Waals surface area (Å²) in [6, 6.07) is 0. The van der Waals surface area contributed by atoms with Gasteiger partial charge in [-0.1, -0.05) is 6.92 Å². The number of aliphatic carboxylic acids is 1. The number of hydrazine groups is 1. The predicted octanol–water partition coefficient (Wildman–Crippen LogP) is 1.27. The van der Waals surface area contributed by atoms with Crippen molar-refractivity contribution in [2.75, 3.05) is 0 Å². The van der Waals surface area contributed by atoms with E-state index in [0.717, 1.165) is 30.9 Å². The van der Waals surface area contributed by atoms with Gasteiger partial charge in [0.25, 0.3) is 11.8 Å². The van der Waals surface area contributed by atoms with Gasteiger partial charge in [-0.2, -0.15) is 0 Å². The molecule has 3 N–H and O–H groups in total. The maximum absolute atomic E-state index is 12.0. The summed E-state index contributed by atoms with van der Waals surface area (Å²) in [4.78, 5) is 34.8. The molecule has 0 saturated heterocycles. The molecule has 0 aromatic carbocycles. The van der Waals surface area contributed by atoms with E-state index in [1.54, 1.807) is 16.7 Å². The van der Waals surface area contributed by atoms with Crippen LogP contribution in [-0.4, -0.2) is 22.9 Å². The van der Waals surface area contributed by atoms with Gasteiger partial charge < -0.3 is 5.11 Å². The highest BCUT2D eigenvalue weighted by Gasteiger charge is 2.23. The molecule has 1 aromatic heterocycles. The Balaban J connectivity index is 1.96. The summed E-state index contributed by atoms with van der Waals surface area (Å²) >= 11 is 1.57. The van der Waals surface area contributed by atoms with Gasteiger partial charge in [0.1, 0.15) is 0 Å². The van der Waals surface area contributed by atoms with E-state index in [4.69, 9.17) is 5.11 Å². The molecule has 1 aliphatic carbocycles. The molecule has 2 amide bonds. The van der Waals surface area contributed by atoms with E-state index in [1.807, 2.05) is 0 Å². The molecule has 21 heavy (non-hydrogen) atoms. The molecule has 0 bridgehead atoms. The van der Waals surface area contributed by atoms with E-state index >= 15 is 0 Å². The maximum Gasteiger partial charge on any atom is 0.328 e. The standard InChI is InChI=1S/C14H16N2O4S/c1-8-2-3-9-10(7-21-11(9)6-8)14(20)16-15-12(17)4-5-13(18)19/h4-5,7-8H,2-3,6H2,1H3,(H,15,17)(H,16,20)(H,18,19)/b5-4+/t8-/m1/s1. The molecule has 0 aliphatic heterocycles. The van der Waals surface area contributed by atoms with Gasteiger partial charge in [-0.15, -0.1) is 11.3 Å². The molecule has 0 saturated carbocycles. The van der Waals surface area contributed by atoms with Crippen molar-refractivity contribution in [1.82, 2.24) is 10.9 Å². The maximum atomic E-state index is 12.0. The van der Waals surface area contributed by atoms with Gasteiger partial charge in [0.15, 0.2) is 0 Å². The summed E-state index contributed by atoms with van der Waals surface area (Å²) in [7, 11) is 0. The number of carboxylic acid groups (broad SMARTS) is 1. The summed E-state index contributed by atoms with van der Waals surface area (Å²) < 4.78 is 0. The molecule has 0 fully saturated rings. The van der Waals surface area contributed by atoms with E-state index in [0.29, 0.717) is 17.6 Å². The van der Waals surface area contributed by atoms with Crippen LogP contribution in [0.3, 0.4) is 0 Å². The summed E-state index contributed by atoms with van der Waals surface area (Å²) in [5.74, 6) is -1.66. The fourth-order valence-electron chi connectivity index (χ4n) is 2.24. The first-order valence-electron chi connectivity index (χ1n) is 6.58. The van der Waals surface area contributed by atoms with Crippen molar-refractivity contribution in [1.29, 1.82) is 0 Å². The van der Waals surface area contributed by atoms with Crippen molar-refractivity contribution >= 4 is 29.1 Å². The van der Waals surface area contributed by atoms with Gasteiger partial charge in [-0.05, 0) is 30.7 Å². The number of amides is 2. The zero-order valence-electron chi connectivity index (χ0n) is 11.5. The topological polar surface area (TPSA) is 95.5 Å². The van der Waals surface area contributed by atoms with Crippen molar-refractivity contribution in [3.05, 3.63) is 33.5 Å². The lowest BCUT2D eigenvalue weighted by molar-refractivity contribution is -0.131. The smallest absolute Gasteiger partial charge is 0.328 e. The highest BCUT2D eigenvalue weighted by Crippen LogP contribution is 2.32. The van der Waals surface area contributed by atoms with Crippen molar-refractivity contribution < 1.29 is 19.5 Å². The lowest BCUT2D eigenvalue weighted by Crippen LogP contribution is -2.41. The van der Waals surface area contributed by atoms with E-state index < -0.39 is 11.9 Å².